The second kappa shape index (κ2) is 9.38. The van der Waals surface area contributed by atoms with Crippen LogP contribution >= 0.6 is 12.6 Å². The monoisotopic (exact) mass is 386 g/mol. The summed E-state index contributed by atoms with van der Waals surface area (Å²) >= 11 is 5.42. The van der Waals surface area contributed by atoms with Gasteiger partial charge in [0.1, 0.15) is 0 Å². The molecule has 0 radical (unpaired) electrons. The Labute approximate surface area is 174 Å². The lowest BCUT2D eigenvalue weighted by Crippen LogP contribution is -2.40. The predicted molar refractivity (Wildman–Crippen MR) is 123 cm³/mol. The molecule has 0 nitrogen and oxygen atoms in total. The van der Waals surface area contributed by atoms with Gasteiger partial charge in [-0.1, -0.05) is 69.9 Å². The molecule has 1 heteroatoms. The van der Waals surface area contributed by atoms with Gasteiger partial charge in [0.2, 0.25) is 0 Å². The van der Waals surface area contributed by atoms with Crippen molar-refractivity contribution in [3.05, 3.63) is 35.5 Å². The topological polar surface area (TPSA) is 0 Å². The first-order chi connectivity index (χ1) is 12.9. The van der Waals surface area contributed by atoms with Crippen molar-refractivity contribution < 1.29 is 0 Å². The van der Waals surface area contributed by atoms with E-state index in [1.165, 1.54) is 88.2 Å². The van der Waals surface area contributed by atoms with Crippen LogP contribution in [0.15, 0.2) is 35.5 Å². The Kier molecular flexibility index (Phi) is 7.39. The molecule has 3 rings (SSSR count). The number of fused-ring (bicyclic) bond motifs is 1. The Morgan fingerprint density at radius 3 is 2.56 bits per heavy atom. The molecule has 0 N–H and O–H groups in total. The summed E-state index contributed by atoms with van der Waals surface area (Å²) in [4.78, 5) is 0. The zero-order chi connectivity index (χ0) is 19.4. The molecule has 0 saturated heterocycles. The van der Waals surface area contributed by atoms with E-state index in [9.17, 15) is 0 Å². The predicted octanol–water partition coefficient (Wildman–Crippen LogP) is 8.31. The van der Waals surface area contributed by atoms with Crippen molar-refractivity contribution in [2.75, 3.05) is 0 Å². The largest absolute Gasteiger partial charge is 0.172 e. The highest BCUT2D eigenvalue weighted by Crippen LogP contribution is 2.57. The molecule has 3 saturated carbocycles. The fourth-order valence-electron chi connectivity index (χ4n) is 6.15. The van der Waals surface area contributed by atoms with E-state index < -0.39 is 0 Å². The summed E-state index contributed by atoms with van der Waals surface area (Å²) in [6.45, 7) is 11.5. The molecule has 0 heterocycles. The smallest absolute Gasteiger partial charge is 0.0226 e. The Balaban J connectivity index is 1.69. The molecule has 0 aromatic carbocycles. The van der Waals surface area contributed by atoms with Crippen molar-refractivity contribution >= 4 is 12.6 Å². The molecule has 4 unspecified atom stereocenters. The summed E-state index contributed by atoms with van der Waals surface area (Å²) in [6, 6.07) is 0. The second-order valence-corrected chi connectivity index (χ2v) is 11.0. The van der Waals surface area contributed by atoms with Crippen LogP contribution in [0.5, 0.6) is 0 Å². The summed E-state index contributed by atoms with van der Waals surface area (Å²) in [7, 11) is 0. The van der Waals surface area contributed by atoms with Gasteiger partial charge in [-0.15, -0.1) is 0 Å². The van der Waals surface area contributed by atoms with Crippen LogP contribution in [0.4, 0.5) is 0 Å². The van der Waals surface area contributed by atoms with E-state index >= 15 is 0 Å². The van der Waals surface area contributed by atoms with Crippen LogP contribution in [0.1, 0.15) is 97.8 Å². The lowest BCUT2D eigenvalue weighted by Gasteiger charge is -2.43. The highest BCUT2D eigenvalue weighted by molar-refractivity contribution is 7.81. The van der Waals surface area contributed by atoms with E-state index in [-0.39, 0.29) is 4.75 Å². The maximum absolute atomic E-state index is 5.42. The number of hydrogen-bond acceptors (Lipinski definition) is 1. The van der Waals surface area contributed by atoms with Gasteiger partial charge in [0.25, 0.3) is 0 Å². The average Bonchev–Trinajstić information content (AvgIpc) is 2.98. The van der Waals surface area contributed by atoms with Gasteiger partial charge >= 0.3 is 0 Å². The quantitative estimate of drug-likeness (QED) is 0.436. The van der Waals surface area contributed by atoms with Gasteiger partial charge in [-0.3, -0.25) is 0 Å². The van der Waals surface area contributed by atoms with Crippen molar-refractivity contribution in [2.24, 2.45) is 23.7 Å². The number of allylic oxidation sites excluding steroid dienone is 5. The molecule has 3 aliphatic rings. The van der Waals surface area contributed by atoms with E-state index in [1.54, 1.807) is 5.57 Å². The van der Waals surface area contributed by atoms with Gasteiger partial charge in [-0.2, -0.15) is 12.6 Å². The van der Waals surface area contributed by atoms with Crippen molar-refractivity contribution in [2.45, 2.75) is 103 Å². The molecule has 3 aliphatic carbocycles. The summed E-state index contributed by atoms with van der Waals surface area (Å²) in [6.07, 6.45) is 20.8. The van der Waals surface area contributed by atoms with E-state index in [4.69, 9.17) is 12.6 Å². The Hall–Kier alpha value is -0.430. The minimum atomic E-state index is 0.253. The molecule has 3 fully saturated rings. The zero-order valence-corrected chi connectivity index (χ0v) is 19.0. The van der Waals surface area contributed by atoms with Crippen LogP contribution in [0.25, 0.3) is 0 Å². The van der Waals surface area contributed by atoms with Crippen LogP contribution < -0.4 is 0 Å². The van der Waals surface area contributed by atoms with Crippen LogP contribution in [-0.2, 0) is 0 Å². The number of hydrogen-bond donors (Lipinski definition) is 1. The van der Waals surface area contributed by atoms with Crippen LogP contribution in [-0.4, -0.2) is 4.75 Å². The molecule has 0 aliphatic heterocycles. The third-order valence-corrected chi connectivity index (χ3v) is 8.62. The molecule has 0 bridgehead atoms. The molecule has 152 valence electrons. The first kappa shape index (κ1) is 21.3. The second-order valence-electron chi connectivity index (χ2n) is 10.1. The summed E-state index contributed by atoms with van der Waals surface area (Å²) in [5, 5.41) is 0. The van der Waals surface area contributed by atoms with Gasteiger partial charge in [0.15, 0.2) is 0 Å². The third kappa shape index (κ3) is 4.95. The van der Waals surface area contributed by atoms with Crippen molar-refractivity contribution in [1.29, 1.82) is 0 Å². The minimum absolute atomic E-state index is 0.253. The van der Waals surface area contributed by atoms with Crippen molar-refractivity contribution in [3.8, 4) is 0 Å². The van der Waals surface area contributed by atoms with E-state index in [2.05, 4.69) is 39.5 Å². The van der Waals surface area contributed by atoms with E-state index in [0.29, 0.717) is 5.92 Å². The molecule has 0 amide bonds. The minimum Gasteiger partial charge on any atom is -0.172 e. The van der Waals surface area contributed by atoms with Crippen molar-refractivity contribution in [1.82, 2.24) is 0 Å². The lowest BCUT2D eigenvalue weighted by molar-refractivity contribution is 0.240. The van der Waals surface area contributed by atoms with Gasteiger partial charge in [0.05, 0.1) is 0 Å². The third-order valence-electron chi connectivity index (χ3n) is 7.76. The first-order valence-corrected chi connectivity index (χ1v) is 12.2. The Morgan fingerprint density at radius 2 is 1.81 bits per heavy atom. The average molecular weight is 387 g/mol. The maximum atomic E-state index is 5.42. The molecule has 0 aromatic heterocycles. The molecular weight excluding hydrogens is 344 g/mol. The Morgan fingerprint density at radius 1 is 1.04 bits per heavy atom. The highest BCUT2D eigenvalue weighted by Gasteiger charge is 2.51. The SMILES string of the molecule is C=C1CCCC/C1=C/C=C1\CCCC2(S)C1CCC2C(C)CCCC(C)C. The molecule has 27 heavy (non-hydrogen) atoms. The molecule has 0 spiro atoms. The van der Waals surface area contributed by atoms with Gasteiger partial charge in [-0.05, 0) is 87.0 Å². The molecular formula is C26H42S. The molecule has 4 atom stereocenters. The number of thiol groups is 1. The highest BCUT2D eigenvalue weighted by atomic mass is 32.1. The summed E-state index contributed by atoms with van der Waals surface area (Å²) in [5.74, 6) is 3.17. The first-order valence-electron chi connectivity index (χ1n) is 11.7. The maximum Gasteiger partial charge on any atom is 0.0226 e. The van der Waals surface area contributed by atoms with Crippen molar-refractivity contribution in [3.63, 3.8) is 0 Å². The zero-order valence-electron chi connectivity index (χ0n) is 18.1. The van der Waals surface area contributed by atoms with Gasteiger partial charge < -0.3 is 0 Å². The normalized spacial score (nSPS) is 35.8. The summed E-state index contributed by atoms with van der Waals surface area (Å²) in [5.41, 5.74) is 4.59. The van der Waals surface area contributed by atoms with E-state index in [1.807, 2.05) is 0 Å². The van der Waals surface area contributed by atoms with Gasteiger partial charge in [0, 0.05) is 4.75 Å². The van der Waals surface area contributed by atoms with Gasteiger partial charge in [-0.25, -0.2) is 0 Å². The fraction of sp³-hybridized carbons (Fsp3) is 0.769. The Bertz CT molecular complexity index is 581. The van der Waals surface area contributed by atoms with Crippen LogP contribution in [0.2, 0.25) is 0 Å². The fourth-order valence-corrected chi connectivity index (χ4v) is 6.98. The van der Waals surface area contributed by atoms with Crippen LogP contribution in [0, 0.1) is 23.7 Å². The van der Waals surface area contributed by atoms with Crippen LogP contribution in [0.3, 0.4) is 0 Å². The summed E-state index contributed by atoms with van der Waals surface area (Å²) < 4.78 is 0.253. The molecule has 0 aromatic rings. The standard InChI is InChI=1S/C26H42S/c1-19(2)9-7-11-21(4)24-16-17-25-23(13-8-18-26(24,25)27)15-14-22-12-6-5-10-20(22)3/h14-15,19,21,24-25,27H,3,5-13,16-18H2,1-2,4H3/b22-14-,23-15+. The van der Waals surface area contributed by atoms with E-state index in [0.717, 1.165) is 17.8 Å². The lowest BCUT2D eigenvalue weighted by atomic mass is 9.70. The number of rotatable bonds is 6.